The minimum Gasteiger partial charge on any atom is -0.490 e. The molecule has 0 amide bonds. The summed E-state index contributed by atoms with van der Waals surface area (Å²) in [6.45, 7) is 4.38. The van der Waals surface area contributed by atoms with Gasteiger partial charge in [0.05, 0.1) is 12.0 Å². The lowest BCUT2D eigenvalue weighted by molar-refractivity contribution is 0.128. The van der Waals surface area contributed by atoms with Crippen molar-refractivity contribution in [2.75, 3.05) is 0 Å². The first-order chi connectivity index (χ1) is 9.13. The average Bonchev–Trinajstić information content (AvgIpc) is 2.42. The fourth-order valence-corrected chi connectivity index (χ4v) is 3.71. The average molecular weight is 346 g/mol. The summed E-state index contributed by atoms with van der Waals surface area (Å²) in [5, 5.41) is 0. The molecule has 0 unspecified atom stereocenters. The third kappa shape index (κ3) is 3.88. The van der Waals surface area contributed by atoms with Crippen LogP contribution in [-0.4, -0.2) is 6.10 Å². The summed E-state index contributed by atoms with van der Waals surface area (Å²) in [5.74, 6) is 2.40. The van der Waals surface area contributed by atoms with Gasteiger partial charge in [-0.1, -0.05) is 29.3 Å². The van der Waals surface area contributed by atoms with Gasteiger partial charge in [-0.05, 0) is 56.2 Å². The number of ether oxygens (including phenoxy) is 1. The van der Waals surface area contributed by atoms with Crippen LogP contribution in [0.15, 0.2) is 16.6 Å². The first kappa shape index (κ1) is 15.2. The highest BCUT2D eigenvalue weighted by molar-refractivity contribution is 9.10. The van der Waals surface area contributed by atoms with E-state index >= 15 is 0 Å². The lowest BCUT2D eigenvalue weighted by Gasteiger charge is -2.29. The fourth-order valence-electron chi connectivity index (χ4n) is 2.89. The third-order valence-corrected chi connectivity index (χ3v) is 4.86. The number of hydrogen-bond donors (Lipinski definition) is 0. The number of halogens is 2. The predicted octanol–water partition coefficient (Wildman–Crippen LogP) is 5.84. The largest absolute Gasteiger partial charge is 0.490 e. The van der Waals surface area contributed by atoms with Gasteiger partial charge in [-0.25, -0.2) is 0 Å². The van der Waals surface area contributed by atoms with Gasteiger partial charge in [-0.2, -0.15) is 0 Å². The van der Waals surface area contributed by atoms with Crippen molar-refractivity contribution in [1.29, 1.82) is 0 Å². The lowest BCUT2D eigenvalue weighted by atomic mass is 9.86. The summed E-state index contributed by atoms with van der Waals surface area (Å²) in [4.78, 5) is 0. The second-order valence-corrected chi connectivity index (χ2v) is 6.70. The maximum Gasteiger partial charge on any atom is 0.127 e. The number of rotatable bonds is 4. The number of alkyl halides is 1. The minimum atomic E-state index is 0.365. The van der Waals surface area contributed by atoms with Crippen molar-refractivity contribution in [3.05, 3.63) is 27.7 Å². The van der Waals surface area contributed by atoms with Gasteiger partial charge in [0.2, 0.25) is 0 Å². The van der Waals surface area contributed by atoms with Crippen molar-refractivity contribution in [1.82, 2.24) is 0 Å². The van der Waals surface area contributed by atoms with E-state index in [1.165, 1.54) is 37.7 Å². The molecule has 1 fully saturated rings. The zero-order chi connectivity index (χ0) is 13.8. The molecule has 1 aliphatic carbocycles. The van der Waals surface area contributed by atoms with Gasteiger partial charge >= 0.3 is 0 Å². The standard InChI is InChI=1S/C16H22BrClO/c1-3-12-4-6-15(7-5-12)19-16-11(2)8-14(17)9-13(16)10-18/h8-9,12,15H,3-7,10H2,1-2H3. The molecule has 1 saturated carbocycles. The maximum absolute atomic E-state index is 6.25. The molecule has 2 rings (SSSR count). The molecule has 0 spiro atoms. The second kappa shape index (κ2) is 6.99. The zero-order valence-corrected chi connectivity index (χ0v) is 14.1. The Kier molecular flexibility index (Phi) is 5.58. The molecule has 0 aliphatic heterocycles. The molecule has 1 aromatic rings. The molecular weight excluding hydrogens is 324 g/mol. The normalized spacial score (nSPS) is 23.4. The van der Waals surface area contributed by atoms with E-state index in [-0.39, 0.29) is 0 Å². The number of hydrogen-bond acceptors (Lipinski definition) is 1. The summed E-state index contributed by atoms with van der Waals surface area (Å²) < 4.78 is 7.32. The Morgan fingerprint density at radius 2 is 1.95 bits per heavy atom. The quantitative estimate of drug-likeness (QED) is 0.622. The van der Waals surface area contributed by atoms with Gasteiger partial charge in [0.1, 0.15) is 5.75 Å². The summed E-state index contributed by atoms with van der Waals surface area (Å²) in [7, 11) is 0. The van der Waals surface area contributed by atoms with Crippen LogP contribution in [0, 0.1) is 12.8 Å². The summed E-state index contributed by atoms with van der Waals surface area (Å²) in [5.41, 5.74) is 2.26. The van der Waals surface area contributed by atoms with Crippen molar-refractivity contribution in [3.63, 3.8) is 0 Å². The van der Waals surface area contributed by atoms with Crippen LogP contribution in [0.2, 0.25) is 0 Å². The van der Waals surface area contributed by atoms with Gasteiger partial charge in [0.15, 0.2) is 0 Å². The summed E-state index contributed by atoms with van der Waals surface area (Å²) >= 11 is 9.55. The van der Waals surface area contributed by atoms with Crippen LogP contribution in [0.4, 0.5) is 0 Å². The first-order valence-corrected chi connectivity index (χ1v) is 8.48. The molecular formula is C16H22BrClO. The Hall–Kier alpha value is -0.210. The van der Waals surface area contributed by atoms with E-state index in [4.69, 9.17) is 16.3 Å². The van der Waals surface area contributed by atoms with Crippen LogP contribution in [0.5, 0.6) is 5.75 Å². The molecule has 0 radical (unpaired) electrons. The highest BCUT2D eigenvalue weighted by atomic mass is 79.9. The molecule has 1 aliphatic rings. The van der Waals surface area contributed by atoms with Crippen LogP contribution in [0.3, 0.4) is 0 Å². The summed E-state index contributed by atoms with van der Waals surface area (Å²) in [6.07, 6.45) is 6.62. The molecule has 19 heavy (non-hydrogen) atoms. The van der Waals surface area contributed by atoms with E-state index in [1.807, 2.05) is 0 Å². The van der Waals surface area contributed by atoms with E-state index in [2.05, 4.69) is 41.9 Å². The molecule has 1 aromatic carbocycles. The molecule has 0 saturated heterocycles. The van der Waals surface area contributed by atoms with Crippen LogP contribution < -0.4 is 4.74 Å². The van der Waals surface area contributed by atoms with E-state index in [9.17, 15) is 0 Å². The molecule has 106 valence electrons. The van der Waals surface area contributed by atoms with Gasteiger partial charge < -0.3 is 4.74 Å². The van der Waals surface area contributed by atoms with Gasteiger partial charge in [-0.3, -0.25) is 0 Å². The fraction of sp³-hybridized carbons (Fsp3) is 0.625. The van der Waals surface area contributed by atoms with Crippen LogP contribution >= 0.6 is 27.5 Å². The van der Waals surface area contributed by atoms with Crippen molar-refractivity contribution >= 4 is 27.5 Å². The van der Waals surface area contributed by atoms with Crippen molar-refractivity contribution < 1.29 is 4.74 Å². The van der Waals surface area contributed by atoms with Crippen molar-refractivity contribution in [2.24, 2.45) is 5.92 Å². The smallest absolute Gasteiger partial charge is 0.127 e. The van der Waals surface area contributed by atoms with Gasteiger partial charge in [-0.15, -0.1) is 11.6 Å². The molecule has 0 heterocycles. The molecule has 0 atom stereocenters. The van der Waals surface area contributed by atoms with Crippen LogP contribution in [0.1, 0.15) is 50.2 Å². The monoisotopic (exact) mass is 344 g/mol. The molecule has 0 bridgehead atoms. The molecule has 3 heteroatoms. The molecule has 0 aromatic heterocycles. The minimum absolute atomic E-state index is 0.365. The molecule has 0 N–H and O–H groups in total. The topological polar surface area (TPSA) is 9.23 Å². The zero-order valence-electron chi connectivity index (χ0n) is 11.7. The molecule has 1 nitrogen and oxygen atoms in total. The Balaban J connectivity index is 2.07. The summed E-state index contributed by atoms with van der Waals surface area (Å²) in [6, 6.07) is 4.16. The third-order valence-electron chi connectivity index (χ3n) is 4.12. The Labute approximate surface area is 129 Å². The van der Waals surface area contributed by atoms with Crippen LogP contribution in [0.25, 0.3) is 0 Å². The van der Waals surface area contributed by atoms with Gasteiger partial charge in [0.25, 0.3) is 0 Å². The van der Waals surface area contributed by atoms with E-state index in [0.29, 0.717) is 12.0 Å². The number of benzene rings is 1. The Bertz CT molecular complexity index is 425. The highest BCUT2D eigenvalue weighted by Gasteiger charge is 2.22. The predicted molar refractivity (Wildman–Crippen MR) is 85.1 cm³/mol. The van der Waals surface area contributed by atoms with Gasteiger partial charge in [0, 0.05) is 10.0 Å². The van der Waals surface area contributed by atoms with E-state index < -0.39 is 0 Å². The maximum atomic E-state index is 6.25. The Morgan fingerprint density at radius 1 is 1.26 bits per heavy atom. The second-order valence-electron chi connectivity index (χ2n) is 5.51. The Morgan fingerprint density at radius 3 is 2.53 bits per heavy atom. The number of aryl methyl sites for hydroxylation is 1. The van der Waals surface area contributed by atoms with Crippen molar-refractivity contribution in [3.8, 4) is 5.75 Å². The SMILES string of the molecule is CCC1CCC(Oc2c(C)cc(Br)cc2CCl)CC1. The van der Waals surface area contributed by atoms with E-state index in [0.717, 1.165) is 21.7 Å². The highest BCUT2D eigenvalue weighted by Crippen LogP contribution is 2.34. The van der Waals surface area contributed by atoms with Crippen molar-refractivity contribution in [2.45, 2.75) is 57.9 Å². The van der Waals surface area contributed by atoms with E-state index in [1.54, 1.807) is 0 Å². The first-order valence-electron chi connectivity index (χ1n) is 7.15. The lowest BCUT2D eigenvalue weighted by Crippen LogP contribution is -2.24. The van der Waals surface area contributed by atoms with Crippen LogP contribution in [-0.2, 0) is 5.88 Å².